The summed E-state index contributed by atoms with van der Waals surface area (Å²) in [5.74, 6) is 2.20. The van der Waals surface area contributed by atoms with Gasteiger partial charge in [0, 0.05) is 11.1 Å². The highest BCUT2D eigenvalue weighted by molar-refractivity contribution is 5.92. The van der Waals surface area contributed by atoms with Crippen LogP contribution in [0.2, 0.25) is 0 Å². The van der Waals surface area contributed by atoms with E-state index < -0.39 is 0 Å². The van der Waals surface area contributed by atoms with Gasteiger partial charge in [0.05, 0.1) is 6.54 Å². The summed E-state index contributed by atoms with van der Waals surface area (Å²) in [6.45, 7) is 3.80. The van der Waals surface area contributed by atoms with Crippen molar-refractivity contribution in [1.82, 2.24) is 10.3 Å². The Balaban J connectivity index is 1.43. The minimum absolute atomic E-state index is 0.259. The van der Waals surface area contributed by atoms with E-state index >= 15 is 0 Å². The fourth-order valence-corrected chi connectivity index (χ4v) is 5.42. The Morgan fingerprint density at radius 1 is 1.34 bits per heavy atom. The molecule has 3 aliphatic carbocycles. The Bertz CT molecular complexity index is 1020. The predicted octanol–water partition coefficient (Wildman–Crippen LogP) is 3.81. The zero-order valence-corrected chi connectivity index (χ0v) is 17.0. The van der Waals surface area contributed by atoms with Gasteiger partial charge in [0.15, 0.2) is 5.58 Å². The van der Waals surface area contributed by atoms with Crippen molar-refractivity contribution in [1.29, 1.82) is 0 Å². The van der Waals surface area contributed by atoms with Gasteiger partial charge in [-0.25, -0.2) is 4.98 Å². The van der Waals surface area contributed by atoms with Crippen LogP contribution in [0.15, 0.2) is 39.8 Å². The summed E-state index contributed by atoms with van der Waals surface area (Å²) in [5.41, 5.74) is 12.5. The van der Waals surface area contributed by atoms with Crippen LogP contribution in [0.25, 0.3) is 11.1 Å². The van der Waals surface area contributed by atoms with Gasteiger partial charge in [0.1, 0.15) is 5.52 Å². The van der Waals surface area contributed by atoms with Gasteiger partial charge in [0.2, 0.25) is 11.8 Å². The van der Waals surface area contributed by atoms with Crippen LogP contribution in [0.4, 0.5) is 0 Å². The van der Waals surface area contributed by atoms with Crippen molar-refractivity contribution in [2.24, 2.45) is 23.5 Å². The number of nitrogens with one attached hydrogen (secondary N) is 1. The molecular formula is C24H29N3O2. The van der Waals surface area contributed by atoms with Crippen LogP contribution in [-0.4, -0.2) is 17.4 Å². The van der Waals surface area contributed by atoms with Crippen molar-refractivity contribution in [2.75, 3.05) is 6.54 Å². The molecule has 29 heavy (non-hydrogen) atoms. The standard InChI is InChI=1S/C24H29N3O2/c1-2-7-26-13-22-27-21-6-5-15-9-18-8-14-3-4-16(24(25)28)10-17(14)11-19(18)12-20(15)23(21)29-22/h4-6,11,14,17-18,26H,2-3,7-10,12-13H2,1H3,(H2,25,28). The Kier molecular flexibility index (Phi) is 4.78. The summed E-state index contributed by atoms with van der Waals surface area (Å²) in [7, 11) is 0. The number of carbonyl (C=O) groups excluding carboxylic acids is 1. The number of oxazole rings is 1. The summed E-state index contributed by atoms with van der Waals surface area (Å²) in [6, 6.07) is 4.36. The molecule has 5 heteroatoms. The van der Waals surface area contributed by atoms with E-state index in [9.17, 15) is 4.79 Å². The number of aromatic nitrogens is 1. The first-order valence-electron chi connectivity index (χ1n) is 10.9. The zero-order valence-electron chi connectivity index (χ0n) is 17.0. The molecule has 1 aromatic carbocycles. The van der Waals surface area contributed by atoms with Gasteiger partial charge in [-0.05, 0) is 74.5 Å². The van der Waals surface area contributed by atoms with Crippen molar-refractivity contribution in [3.8, 4) is 0 Å². The molecule has 0 aliphatic heterocycles. The number of hydrogen-bond acceptors (Lipinski definition) is 4. The Morgan fingerprint density at radius 3 is 3.07 bits per heavy atom. The third-order valence-corrected chi connectivity index (χ3v) is 6.94. The molecule has 3 unspecified atom stereocenters. The van der Waals surface area contributed by atoms with Crippen molar-refractivity contribution < 1.29 is 9.21 Å². The second kappa shape index (κ2) is 7.45. The molecule has 5 rings (SSSR count). The smallest absolute Gasteiger partial charge is 0.244 e. The van der Waals surface area contributed by atoms with Crippen LogP contribution in [-0.2, 0) is 24.2 Å². The SMILES string of the molecule is CCCNCc1nc2ccc3c(c2o1)CC1=CC2CC(C(N)=O)=CCC2CC1C3. The van der Waals surface area contributed by atoms with Crippen LogP contribution in [0, 0.1) is 17.8 Å². The van der Waals surface area contributed by atoms with Crippen molar-refractivity contribution in [3.63, 3.8) is 0 Å². The van der Waals surface area contributed by atoms with E-state index in [1.165, 1.54) is 23.1 Å². The molecule has 152 valence electrons. The lowest BCUT2D eigenvalue weighted by atomic mass is 9.64. The largest absolute Gasteiger partial charge is 0.439 e. The molecule has 1 heterocycles. The topological polar surface area (TPSA) is 81.2 Å². The summed E-state index contributed by atoms with van der Waals surface area (Å²) in [4.78, 5) is 16.3. The average molecular weight is 392 g/mol. The zero-order chi connectivity index (χ0) is 20.0. The van der Waals surface area contributed by atoms with E-state index in [1.54, 1.807) is 0 Å². The average Bonchev–Trinajstić information content (AvgIpc) is 3.14. The van der Waals surface area contributed by atoms with Gasteiger partial charge in [-0.2, -0.15) is 0 Å². The van der Waals surface area contributed by atoms with Crippen molar-refractivity contribution in [3.05, 3.63) is 52.4 Å². The normalized spacial score (nSPS) is 25.6. The third-order valence-electron chi connectivity index (χ3n) is 6.94. The fourth-order valence-electron chi connectivity index (χ4n) is 5.42. The van der Waals surface area contributed by atoms with E-state index in [4.69, 9.17) is 10.2 Å². The predicted molar refractivity (Wildman–Crippen MR) is 113 cm³/mol. The van der Waals surface area contributed by atoms with E-state index in [2.05, 4.69) is 41.5 Å². The highest BCUT2D eigenvalue weighted by Gasteiger charge is 2.36. The van der Waals surface area contributed by atoms with Crippen LogP contribution in [0.3, 0.4) is 0 Å². The molecule has 0 saturated heterocycles. The number of benzene rings is 1. The monoisotopic (exact) mass is 391 g/mol. The first-order chi connectivity index (χ1) is 14.1. The molecule has 3 atom stereocenters. The minimum Gasteiger partial charge on any atom is -0.439 e. The molecule has 0 fully saturated rings. The molecule has 0 bridgehead atoms. The summed E-state index contributed by atoms with van der Waals surface area (Å²) < 4.78 is 6.18. The molecule has 3 N–H and O–H groups in total. The minimum atomic E-state index is -0.259. The van der Waals surface area contributed by atoms with E-state index in [1.807, 2.05) is 0 Å². The number of amides is 1. The number of carbonyl (C=O) groups is 1. The molecular weight excluding hydrogens is 362 g/mol. The number of allylic oxidation sites excluding steroid dienone is 3. The van der Waals surface area contributed by atoms with Gasteiger partial charge in [-0.1, -0.05) is 30.7 Å². The second-order valence-corrected chi connectivity index (χ2v) is 8.85. The first-order valence-corrected chi connectivity index (χ1v) is 10.9. The van der Waals surface area contributed by atoms with Crippen LogP contribution < -0.4 is 11.1 Å². The second-order valence-electron chi connectivity index (χ2n) is 8.85. The summed E-state index contributed by atoms with van der Waals surface area (Å²) in [6.07, 6.45) is 10.6. The molecule has 0 saturated carbocycles. The van der Waals surface area contributed by atoms with Gasteiger partial charge >= 0.3 is 0 Å². The van der Waals surface area contributed by atoms with E-state index in [0.717, 1.165) is 61.2 Å². The first kappa shape index (κ1) is 18.6. The molecule has 5 nitrogen and oxygen atoms in total. The molecule has 2 aromatic rings. The molecule has 1 amide bonds. The maximum atomic E-state index is 11.6. The Morgan fingerprint density at radius 2 is 2.24 bits per heavy atom. The van der Waals surface area contributed by atoms with E-state index in [-0.39, 0.29) is 5.91 Å². The number of primary amides is 1. The molecule has 0 radical (unpaired) electrons. The molecule has 3 aliphatic rings. The number of hydrogen-bond donors (Lipinski definition) is 2. The number of fused-ring (bicyclic) bond motifs is 5. The van der Waals surface area contributed by atoms with Gasteiger partial charge in [-0.3, -0.25) is 4.79 Å². The quantitative estimate of drug-likeness (QED) is 0.600. The lowest BCUT2D eigenvalue weighted by Gasteiger charge is -2.40. The highest BCUT2D eigenvalue weighted by atomic mass is 16.3. The van der Waals surface area contributed by atoms with Crippen LogP contribution in [0.1, 0.15) is 49.6 Å². The maximum Gasteiger partial charge on any atom is 0.244 e. The summed E-state index contributed by atoms with van der Waals surface area (Å²) >= 11 is 0. The van der Waals surface area contributed by atoms with Crippen molar-refractivity contribution in [2.45, 2.75) is 52.0 Å². The number of nitrogens with zero attached hydrogens (tertiary/aromatic N) is 1. The third kappa shape index (κ3) is 3.42. The Labute approximate surface area is 171 Å². The molecule has 0 spiro atoms. The summed E-state index contributed by atoms with van der Waals surface area (Å²) in [5, 5.41) is 3.37. The Hall–Kier alpha value is -2.40. The van der Waals surface area contributed by atoms with Gasteiger partial charge < -0.3 is 15.5 Å². The van der Waals surface area contributed by atoms with Crippen LogP contribution >= 0.6 is 0 Å². The number of nitrogens with two attached hydrogens (primary N) is 1. The van der Waals surface area contributed by atoms with Crippen molar-refractivity contribution >= 4 is 17.0 Å². The molecule has 1 aromatic heterocycles. The highest BCUT2D eigenvalue weighted by Crippen LogP contribution is 2.46. The lowest BCUT2D eigenvalue weighted by molar-refractivity contribution is -0.114. The van der Waals surface area contributed by atoms with Gasteiger partial charge in [-0.15, -0.1) is 0 Å². The lowest BCUT2D eigenvalue weighted by Crippen LogP contribution is -2.32. The maximum absolute atomic E-state index is 11.6. The number of rotatable bonds is 5. The van der Waals surface area contributed by atoms with Crippen LogP contribution in [0.5, 0.6) is 0 Å². The van der Waals surface area contributed by atoms with E-state index in [0.29, 0.717) is 24.3 Å². The van der Waals surface area contributed by atoms with Gasteiger partial charge in [0.25, 0.3) is 0 Å². The fraction of sp³-hybridized carbons (Fsp3) is 0.500.